The average molecular weight is 658 g/mol. The Hall–Kier alpha value is -4.83. The Morgan fingerprint density at radius 1 is 0.809 bits per heavy atom. The van der Waals surface area contributed by atoms with Crippen molar-refractivity contribution in [2.24, 2.45) is 0 Å². The van der Waals surface area contributed by atoms with Crippen LogP contribution < -0.4 is 19.1 Å². The summed E-state index contributed by atoms with van der Waals surface area (Å²) in [7, 11) is -1.36. The second-order valence-electron chi connectivity index (χ2n) is 11.4. The lowest BCUT2D eigenvalue weighted by Crippen LogP contribution is -2.54. The molecule has 0 bridgehead atoms. The molecule has 0 heterocycles. The molecule has 0 spiro atoms. The van der Waals surface area contributed by atoms with E-state index in [1.807, 2.05) is 75.4 Å². The van der Waals surface area contributed by atoms with Crippen molar-refractivity contribution in [2.75, 3.05) is 25.1 Å². The van der Waals surface area contributed by atoms with Crippen LogP contribution >= 0.6 is 0 Å². The molecule has 248 valence electrons. The number of nitrogens with one attached hydrogen (secondary N) is 1. The lowest BCUT2D eigenvalue weighted by molar-refractivity contribution is -0.140. The van der Waals surface area contributed by atoms with E-state index in [1.165, 1.54) is 31.3 Å². The molecule has 0 fully saturated rings. The molecule has 4 aromatic carbocycles. The molecule has 4 aromatic rings. The third kappa shape index (κ3) is 8.92. The molecule has 0 aliphatic carbocycles. The van der Waals surface area contributed by atoms with Crippen LogP contribution in [0.15, 0.2) is 108 Å². The second kappa shape index (κ2) is 16.1. The topological polar surface area (TPSA) is 105 Å². The third-order valence-corrected chi connectivity index (χ3v) is 9.80. The zero-order chi connectivity index (χ0) is 34.0. The number of anilines is 1. The maximum atomic E-state index is 14.6. The van der Waals surface area contributed by atoms with Crippen LogP contribution in [0.2, 0.25) is 0 Å². The van der Waals surface area contributed by atoms with E-state index in [1.54, 1.807) is 36.4 Å². The molecule has 0 saturated carbocycles. The Balaban J connectivity index is 1.83. The standard InChI is InChI=1S/C37H43N3O6S/c1-6-28(3)38-37(42)34(24-29-12-8-7-9-13-29)39(25-30-18-16-27(2)17-19-30)36(41)26-40(33-14-10-11-15-35(33)46-5)47(43,44)32-22-20-31(45-4)21-23-32/h7-23,28,34H,6,24-26H2,1-5H3,(H,38,42). The first kappa shape index (κ1) is 35.0. The maximum Gasteiger partial charge on any atom is 0.264 e. The van der Waals surface area contributed by atoms with E-state index in [4.69, 9.17) is 9.47 Å². The van der Waals surface area contributed by atoms with Crippen LogP contribution in [0.1, 0.15) is 37.0 Å². The molecule has 10 heteroatoms. The SMILES string of the molecule is CCC(C)NC(=O)C(Cc1ccccc1)N(Cc1ccc(C)cc1)C(=O)CN(c1ccccc1OC)S(=O)(=O)c1ccc(OC)cc1. The van der Waals surface area contributed by atoms with Crippen LogP contribution in [0.4, 0.5) is 5.69 Å². The highest BCUT2D eigenvalue weighted by Gasteiger charge is 2.35. The number of carbonyl (C=O) groups excluding carboxylic acids is 2. The summed E-state index contributed by atoms with van der Waals surface area (Å²) in [6.45, 7) is 5.37. The predicted molar refractivity (Wildman–Crippen MR) is 184 cm³/mol. The zero-order valence-corrected chi connectivity index (χ0v) is 28.4. The summed E-state index contributed by atoms with van der Waals surface area (Å²) in [5, 5.41) is 3.05. The molecule has 0 saturated heterocycles. The first-order valence-corrected chi connectivity index (χ1v) is 17.0. The van der Waals surface area contributed by atoms with Gasteiger partial charge in [-0.3, -0.25) is 13.9 Å². The highest BCUT2D eigenvalue weighted by Crippen LogP contribution is 2.33. The number of aryl methyl sites for hydroxylation is 1. The van der Waals surface area contributed by atoms with E-state index in [0.29, 0.717) is 12.2 Å². The van der Waals surface area contributed by atoms with E-state index in [9.17, 15) is 18.0 Å². The fourth-order valence-corrected chi connectivity index (χ4v) is 6.53. The monoisotopic (exact) mass is 657 g/mol. The number of para-hydroxylation sites is 2. The number of hydrogen-bond acceptors (Lipinski definition) is 6. The molecule has 0 radical (unpaired) electrons. The zero-order valence-electron chi connectivity index (χ0n) is 27.6. The fourth-order valence-electron chi connectivity index (χ4n) is 5.11. The fraction of sp³-hybridized carbons (Fsp3) is 0.297. The van der Waals surface area contributed by atoms with E-state index < -0.39 is 28.5 Å². The summed E-state index contributed by atoms with van der Waals surface area (Å²) in [5.74, 6) is -0.0960. The molecular weight excluding hydrogens is 614 g/mol. The molecule has 2 amide bonds. The quantitative estimate of drug-likeness (QED) is 0.174. The molecule has 4 rings (SSSR count). The van der Waals surface area contributed by atoms with Crippen molar-refractivity contribution in [2.45, 2.75) is 57.1 Å². The maximum absolute atomic E-state index is 14.6. The van der Waals surface area contributed by atoms with Crippen molar-refractivity contribution >= 4 is 27.5 Å². The number of rotatable bonds is 15. The van der Waals surface area contributed by atoms with Crippen LogP contribution in [0.25, 0.3) is 0 Å². The average Bonchev–Trinajstić information content (AvgIpc) is 3.09. The highest BCUT2D eigenvalue weighted by atomic mass is 32.2. The summed E-state index contributed by atoms with van der Waals surface area (Å²) < 4.78 is 40.4. The largest absolute Gasteiger partial charge is 0.497 e. The van der Waals surface area contributed by atoms with Gasteiger partial charge in [0.2, 0.25) is 11.8 Å². The molecule has 47 heavy (non-hydrogen) atoms. The van der Waals surface area contributed by atoms with Gasteiger partial charge in [-0.25, -0.2) is 8.42 Å². The Morgan fingerprint density at radius 3 is 2.06 bits per heavy atom. The highest BCUT2D eigenvalue weighted by molar-refractivity contribution is 7.92. The Labute approximate surface area is 278 Å². The summed E-state index contributed by atoms with van der Waals surface area (Å²) in [6.07, 6.45) is 0.942. The predicted octanol–water partition coefficient (Wildman–Crippen LogP) is 5.76. The molecule has 9 nitrogen and oxygen atoms in total. The number of sulfonamides is 1. The van der Waals surface area contributed by atoms with Crippen molar-refractivity contribution in [1.82, 2.24) is 10.2 Å². The van der Waals surface area contributed by atoms with Gasteiger partial charge in [0.25, 0.3) is 10.0 Å². The van der Waals surface area contributed by atoms with Gasteiger partial charge in [0.05, 0.1) is 24.8 Å². The van der Waals surface area contributed by atoms with Crippen LogP contribution in [-0.4, -0.2) is 58.0 Å². The van der Waals surface area contributed by atoms with Crippen molar-refractivity contribution < 1.29 is 27.5 Å². The van der Waals surface area contributed by atoms with Gasteiger partial charge in [-0.05, 0) is 67.8 Å². The summed E-state index contributed by atoms with van der Waals surface area (Å²) in [5.41, 5.74) is 2.92. The lowest BCUT2D eigenvalue weighted by Gasteiger charge is -2.34. The minimum atomic E-state index is -4.30. The first-order chi connectivity index (χ1) is 22.6. The van der Waals surface area contributed by atoms with E-state index in [2.05, 4.69) is 5.32 Å². The number of ether oxygens (including phenoxy) is 2. The molecule has 0 aromatic heterocycles. The number of methoxy groups -OCH3 is 2. The van der Waals surface area contributed by atoms with E-state index in [-0.39, 0.29) is 41.2 Å². The van der Waals surface area contributed by atoms with Crippen LogP contribution in [0.5, 0.6) is 11.5 Å². The van der Waals surface area contributed by atoms with Gasteiger partial charge >= 0.3 is 0 Å². The summed E-state index contributed by atoms with van der Waals surface area (Å²) in [4.78, 5) is 30.1. The Morgan fingerprint density at radius 2 is 1.45 bits per heavy atom. The number of nitrogens with zero attached hydrogens (tertiary/aromatic N) is 2. The van der Waals surface area contributed by atoms with Gasteiger partial charge < -0.3 is 19.7 Å². The van der Waals surface area contributed by atoms with Gasteiger partial charge in [0.15, 0.2) is 0 Å². The van der Waals surface area contributed by atoms with Gasteiger partial charge in [-0.2, -0.15) is 0 Å². The third-order valence-electron chi connectivity index (χ3n) is 8.03. The molecule has 1 N–H and O–H groups in total. The van der Waals surface area contributed by atoms with Gasteiger partial charge in [-0.1, -0.05) is 79.2 Å². The van der Waals surface area contributed by atoms with Gasteiger partial charge in [-0.15, -0.1) is 0 Å². The van der Waals surface area contributed by atoms with Crippen molar-refractivity contribution in [3.8, 4) is 11.5 Å². The van der Waals surface area contributed by atoms with E-state index >= 15 is 0 Å². The van der Waals surface area contributed by atoms with Crippen molar-refractivity contribution in [3.63, 3.8) is 0 Å². The summed E-state index contributed by atoms with van der Waals surface area (Å²) >= 11 is 0. The van der Waals surface area contributed by atoms with Gasteiger partial charge in [0.1, 0.15) is 24.1 Å². The molecular formula is C37H43N3O6S. The molecule has 0 aliphatic rings. The van der Waals surface area contributed by atoms with Crippen LogP contribution in [0, 0.1) is 6.92 Å². The normalized spacial score (nSPS) is 12.4. The second-order valence-corrected chi connectivity index (χ2v) is 13.3. The molecule has 2 unspecified atom stereocenters. The lowest BCUT2D eigenvalue weighted by atomic mass is 10.0. The van der Waals surface area contributed by atoms with E-state index in [0.717, 1.165) is 21.0 Å². The van der Waals surface area contributed by atoms with Crippen molar-refractivity contribution in [1.29, 1.82) is 0 Å². The number of carbonyl (C=O) groups is 2. The van der Waals surface area contributed by atoms with Crippen molar-refractivity contribution in [3.05, 3.63) is 120 Å². The number of hydrogen-bond donors (Lipinski definition) is 1. The minimum absolute atomic E-state index is 0.0301. The smallest absolute Gasteiger partial charge is 0.264 e. The van der Waals surface area contributed by atoms with Crippen LogP contribution in [0.3, 0.4) is 0 Å². The minimum Gasteiger partial charge on any atom is -0.497 e. The molecule has 2 atom stereocenters. The Bertz CT molecular complexity index is 1730. The first-order valence-electron chi connectivity index (χ1n) is 15.6. The number of benzene rings is 4. The number of amides is 2. The summed E-state index contributed by atoms with van der Waals surface area (Å²) in [6, 6.07) is 28.7. The molecule has 0 aliphatic heterocycles. The Kier molecular flexibility index (Phi) is 12.0. The van der Waals surface area contributed by atoms with Gasteiger partial charge in [0, 0.05) is 19.0 Å². The van der Waals surface area contributed by atoms with Crippen LogP contribution in [-0.2, 0) is 32.6 Å².